The Kier molecular flexibility index (Phi) is 7.08. The molecule has 0 aromatic heterocycles. The summed E-state index contributed by atoms with van der Waals surface area (Å²) in [6.45, 7) is 0.0476. The first-order chi connectivity index (χ1) is 14.7. The number of para-hydroxylation sites is 1. The lowest BCUT2D eigenvalue weighted by atomic mass is 10.1. The van der Waals surface area contributed by atoms with Crippen LogP contribution in [-0.2, 0) is 11.3 Å². The maximum atomic E-state index is 11.5. The van der Waals surface area contributed by atoms with E-state index >= 15 is 0 Å². The number of benzene rings is 3. The van der Waals surface area contributed by atoms with Crippen molar-refractivity contribution in [2.24, 2.45) is 0 Å². The van der Waals surface area contributed by atoms with Crippen LogP contribution in [0.4, 0.5) is 0 Å². The molecule has 0 bridgehead atoms. The molecule has 0 fully saturated rings. The maximum Gasteiger partial charge on any atom is 0.227 e. The minimum Gasteiger partial charge on any atom is -0.496 e. The van der Waals surface area contributed by atoms with Crippen LogP contribution in [0.3, 0.4) is 0 Å². The summed E-state index contributed by atoms with van der Waals surface area (Å²) in [6, 6.07) is 18.6. The molecule has 0 saturated heterocycles. The Morgan fingerprint density at radius 3 is 2.20 bits per heavy atom. The van der Waals surface area contributed by atoms with Crippen molar-refractivity contribution >= 4 is 18.9 Å². The van der Waals surface area contributed by atoms with E-state index in [1.165, 1.54) is 7.11 Å². The van der Waals surface area contributed by atoms with Gasteiger partial charge < -0.3 is 14.2 Å². The number of hydrogen-bond donors (Lipinski definition) is 0. The van der Waals surface area contributed by atoms with Gasteiger partial charge in [0.15, 0.2) is 12.6 Å². The molecule has 0 radical (unpaired) electrons. The van der Waals surface area contributed by atoms with E-state index in [1.54, 1.807) is 66.7 Å². The average molecular weight is 404 g/mol. The normalized spacial score (nSPS) is 11.4. The Morgan fingerprint density at radius 2 is 1.50 bits per heavy atom. The number of ether oxygens (including phenoxy) is 3. The molecule has 0 aliphatic carbocycles. The number of hydrogen-bond acceptors (Lipinski definition) is 6. The number of carbonyl (C=O) groups excluding carboxylic acids is 3. The van der Waals surface area contributed by atoms with Crippen LogP contribution in [-0.4, -0.2) is 26.0 Å². The Balaban J connectivity index is 1.95. The minimum absolute atomic E-state index is 0.0476. The molecular weight excluding hydrogens is 384 g/mol. The number of methoxy groups -OCH3 is 1. The quantitative estimate of drug-likeness (QED) is 0.367. The zero-order chi connectivity index (χ0) is 21.3. The largest absolute Gasteiger partial charge is 0.496 e. The molecule has 3 aromatic carbocycles. The summed E-state index contributed by atoms with van der Waals surface area (Å²) in [7, 11) is 1.52. The van der Waals surface area contributed by atoms with Crippen molar-refractivity contribution in [2.75, 3.05) is 7.11 Å². The van der Waals surface area contributed by atoms with Gasteiger partial charge in [-0.2, -0.15) is 0 Å². The fourth-order valence-corrected chi connectivity index (χ4v) is 2.97. The molecule has 3 rings (SSSR count). The van der Waals surface area contributed by atoms with E-state index in [0.717, 1.165) is 6.29 Å². The third kappa shape index (κ3) is 4.79. The van der Waals surface area contributed by atoms with Crippen LogP contribution in [0.2, 0.25) is 0 Å². The Morgan fingerprint density at radius 1 is 0.800 bits per heavy atom. The monoisotopic (exact) mass is 404 g/mol. The van der Waals surface area contributed by atoms with Gasteiger partial charge in [-0.1, -0.05) is 36.4 Å². The molecule has 1 unspecified atom stereocenters. The molecular formula is C24H20O6. The molecule has 0 N–H and O–H groups in total. The van der Waals surface area contributed by atoms with E-state index in [0.29, 0.717) is 51.9 Å². The zero-order valence-electron chi connectivity index (χ0n) is 16.3. The summed E-state index contributed by atoms with van der Waals surface area (Å²) >= 11 is 0. The molecule has 0 aliphatic rings. The molecule has 0 saturated carbocycles. The highest BCUT2D eigenvalue weighted by molar-refractivity contribution is 5.79. The van der Waals surface area contributed by atoms with Crippen molar-refractivity contribution in [3.63, 3.8) is 0 Å². The van der Waals surface area contributed by atoms with Gasteiger partial charge in [0.25, 0.3) is 0 Å². The minimum atomic E-state index is -0.975. The first-order valence-corrected chi connectivity index (χ1v) is 9.18. The molecule has 30 heavy (non-hydrogen) atoms. The third-order valence-corrected chi connectivity index (χ3v) is 4.49. The molecule has 0 heterocycles. The first kappa shape index (κ1) is 21.0. The molecule has 3 aromatic rings. The van der Waals surface area contributed by atoms with Crippen molar-refractivity contribution in [3.05, 3.63) is 94.5 Å². The molecule has 152 valence electrons. The predicted molar refractivity (Wildman–Crippen MR) is 110 cm³/mol. The van der Waals surface area contributed by atoms with E-state index in [9.17, 15) is 14.4 Å². The third-order valence-electron chi connectivity index (χ3n) is 4.49. The lowest BCUT2D eigenvalue weighted by Gasteiger charge is -2.22. The predicted octanol–water partition coefficient (Wildman–Crippen LogP) is 4.43. The van der Waals surface area contributed by atoms with Gasteiger partial charge >= 0.3 is 0 Å². The van der Waals surface area contributed by atoms with Crippen molar-refractivity contribution in [1.29, 1.82) is 0 Å². The van der Waals surface area contributed by atoms with E-state index in [1.807, 2.05) is 0 Å². The topological polar surface area (TPSA) is 78.9 Å². The average Bonchev–Trinajstić information content (AvgIpc) is 2.81. The first-order valence-electron chi connectivity index (χ1n) is 9.18. The summed E-state index contributed by atoms with van der Waals surface area (Å²) < 4.78 is 17.3. The van der Waals surface area contributed by atoms with Crippen LogP contribution in [0.5, 0.6) is 11.5 Å². The van der Waals surface area contributed by atoms with Crippen LogP contribution in [0, 0.1) is 0 Å². The van der Waals surface area contributed by atoms with E-state index in [-0.39, 0.29) is 6.61 Å². The summed E-state index contributed by atoms with van der Waals surface area (Å²) in [5, 5.41) is 0. The van der Waals surface area contributed by atoms with Crippen molar-refractivity contribution in [2.45, 2.75) is 12.9 Å². The lowest BCUT2D eigenvalue weighted by Crippen LogP contribution is -2.15. The summed E-state index contributed by atoms with van der Waals surface area (Å²) in [5.74, 6) is 0.878. The smallest absolute Gasteiger partial charge is 0.227 e. The number of rotatable bonds is 10. The van der Waals surface area contributed by atoms with E-state index in [2.05, 4.69) is 0 Å². The van der Waals surface area contributed by atoms with Crippen molar-refractivity contribution in [1.82, 2.24) is 0 Å². The second-order valence-corrected chi connectivity index (χ2v) is 6.35. The molecule has 6 heteroatoms. The van der Waals surface area contributed by atoms with Crippen LogP contribution in [0.25, 0.3) is 0 Å². The van der Waals surface area contributed by atoms with Crippen LogP contribution in [0.1, 0.15) is 48.5 Å². The van der Waals surface area contributed by atoms with Gasteiger partial charge in [-0.15, -0.1) is 0 Å². The number of carbonyl (C=O) groups is 3. The van der Waals surface area contributed by atoms with Gasteiger partial charge in [0.2, 0.25) is 6.29 Å². The SMILES string of the molecule is COc1ccc(C=O)cc1COC(Oc1ccccc1C=O)c1ccccc1C=O. The van der Waals surface area contributed by atoms with Crippen LogP contribution >= 0.6 is 0 Å². The second kappa shape index (κ2) is 10.1. The molecule has 6 nitrogen and oxygen atoms in total. The lowest BCUT2D eigenvalue weighted by molar-refractivity contribution is -0.0935. The van der Waals surface area contributed by atoms with Gasteiger partial charge in [0.1, 0.15) is 17.8 Å². The van der Waals surface area contributed by atoms with Gasteiger partial charge in [-0.3, -0.25) is 14.4 Å². The van der Waals surface area contributed by atoms with Gasteiger partial charge in [-0.05, 0) is 30.3 Å². The number of aldehydes is 3. The molecule has 0 aliphatic heterocycles. The molecule has 0 spiro atoms. The van der Waals surface area contributed by atoms with Gasteiger partial charge in [-0.25, -0.2) is 0 Å². The summed E-state index contributed by atoms with van der Waals surface area (Å²) in [4.78, 5) is 34.0. The van der Waals surface area contributed by atoms with Crippen LogP contribution in [0.15, 0.2) is 66.7 Å². The van der Waals surface area contributed by atoms with Crippen molar-refractivity contribution < 1.29 is 28.6 Å². The Labute approximate surface area is 174 Å². The fourth-order valence-electron chi connectivity index (χ4n) is 2.97. The van der Waals surface area contributed by atoms with E-state index in [4.69, 9.17) is 14.2 Å². The van der Waals surface area contributed by atoms with Gasteiger partial charge in [0, 0.05) is 22.3 Å². The Bertz CT molecular complexity index is 1040. The maximum absolute atomic E-state index is 11.5. The highest BCUT2D eigenvalue weighted by Crippen LogP contribution is 2.29. The van der Waals surface area contributed by atoms with Gasteiger partial charge in [0.05, 0.1) is 19.3 Å². The second-order valence-electron chi connectivity index (χ2n) is 6.35. The Hall–Kier alpha value is -3.77. The summed E-state index contributed by atoms with van der Waals surface area (Å²) in [6.07, 6.45) is 1.17. The van der Waals surface area contributed by atoms with Crippen molar-refractivity contribution in [3.8, 4) is 11.5 Å². The molecule has 1 atom stereocenters. The summed E-state index contributed by atoms with van der Waals surface area (Å²) in [5.41, 5.74) is 2.39. The highest BCUT2D eigenvalue weighted by Gasteiger charge is 2.20. The zero-order valence-corrected chi connectivity index (χ0v) is 16.3. The van der Waals surface area contributed by atoms with Crippen LogP contribution < -0.4 is 9.47 Å². The molecule has 0 amide bonds. The highest BCUT2D eigenvalue weighted by atomic mass is 16.7. The standard InChI is InChI=1S/C24H20O6/c1-28-22-11-10-17(13-25)12-20(22)16-29-24(21-8-4-2-6-18(21)14-26)30-23-9-5-3-7-19(23)15-27/h2-15,24H,16H2,1H3. The van der Waals surface area contributed by atoms with E-state index < -0.39 is 6.29 Å². The fraction of sp³-hybridized carbons (Fsp3) is 0.125.